The van der Waals surface area contributed by atoms with E-state index in [0.29, 0.717) is 0 Å². The molecule has 5 rings (SSSR count). The molecular formula is C28H25NO. The quantitative estimate of drug-likeness (QED) is 0.297. The number of ketones is 1. The van der Waals surface area contributed by atoms with E-state index in [1.54, 1.807) is 0 Å². The fraction of sp³-hybridized carbons (Fsp3) is 0.179. The second kappa shape index (κ2) is 7.14. The van der Waals surface area contributed by atoms with Gasteiger partial charge in [-0.15, -0.1) is 0 Å². The summed E-state index contributed by atoms with van der Waals surface area (Å²) >= 11 is 0. The Morgan fingerprint density at radius 2 is 1.43 bits per heavy atom. The number of benzene rings is 4. The summed E-state index contributed by atoms with van der Waals surface area (Å²) in [5, 5.41) is 4.54. The van der Waals surface area contributed by atoms with Crippen LogP contribution in [0, 0.1) is 13.8 Å². The molecule has 2 nitrogen and oxygen atoms in total. The Bertz CT molecular complexity index is 1440. The average molecular weight is 392 g/mol. The van der Waals surface area contributed by atoms with E-state index < -0.39 is 0 Å². The summed E-state index contributed by atoms with van der Waals surface area (Å²) in [4.78, 5) is 13.6. The van der Waals surface area contributed by atoms with E-state index in [9.17, 15) is 4.79 Å². The fourth-order valence-corrected chi connectivity index (χ4v) is 4.66. The summed E-state index contributed by atoms with van der Waals surface area (Å²) in [5.74, 6) is 0.0866. The summed E-state index contributed by atoms with van der Waals surface area (Å²) in [6.45, 7) is 7.38. The largest absolute Gasteiger partial charge is 0.340 e. The molecule has 30 heavy (non-hydrogen) atoms. The van der Waals surface area contributed by atoms with E-state index in [0.717, 1.165) is 45.8 Å². The van der Waals surface area contributed by atoms with Gasteiger partial charge in [-0.3, -0.25) is 4.79 Å². The Hall–Kier alpha value is -3.39. The molecule has 0 fully saturated rings. The zero-order valence-electron chi connectivity index (χ0n) is 17.7. The van der Waals surface area contributed by atoms with Crippen LogP contribution in [0.2, 0.25) is 0 Å². The average Bonchev–Trinajstić information content (AvgIpc) is 3.09. The van der Waals surface area contributed by atoms with Gasteiger partial charge in [0.15, 0.2) is 5.78 Å². The smallest absolute Gasteiger partial charge is 0.193 e. The van der Waals surface area contributed by atoms with Gasteiger partial charge in [0, 0.05) is 39.5 Å². The SMILES string of the molecule is CCCn1c2ccccc2c2cc(C(=O)c3cc(C)c(C)c4ccccc34)ccc21. The molecule has 0 bridgehead atoms. The first-order valence-electron chi connectivity index (χ1n) is 10.6. The molecule has 148 valence electrons. The minimum absolute atomic E-state index is 0.0866. The van der Waals surface area contributed by atoms with Crippen molar-refractivity contribution >= 4 is 38.4 Å². The van der Waals surface area contributed by atoms with Crippen LogP contribution in [0.5, 0.6) is 0 Å². The molecule has 0 aliphatic rings. The number of rotatable bonds is 4. The first-order chi connectivity index (χ1) is 14.6. The van der Waals surface area contributed by atoms with Crippen molar-refractivity contribution in [1.29, 1.82) is 0 Å². The van der Waals surface area contributed by atoms with Crippen molar-refractivity contribution in [2.45, 2.75) is 33.7 Å². The number of carbonyl (C=O) groups is 1. The zero-order chi connectivity index (χ0) is 20.8. The predicted molar refractivity (Wildman–Crippen MR) is 127 cm³/mol. The number of fused-ring (bicyclic) bond motifs is 4. The minimum Gasteiger partial charge on any atom is -0.340 e. The van der Waals surface area contributed by atoms with E-state index in [4.69, 9.17) is 0 Å². The van der Waals surface area contributed by atoms with Gasteiger partial charge in [-0.25, -0.2) is 0 Å². The van der Waals surface area contributed by atoms with Crippen LogP contribution in [0.25, 0.3) is 32.6 Å². The minimum atomic E-state index is 0.0866. The van der Waals surface area contributed by atoms with Crippen molar-refractivity contribution < 1.29 is 4.79 Å². The molecule has 0 N–H and O–H groups in total. The normalized spacial score (nSPS) is 11.6. The molecule has 0 unspecified atom stereocenters. The van der Waals surface area contributed by atoms with Crippen LogP contribution in [0.15, 0.2) is 72.8 Å². The van der Waals surface area contributed by atoms with E-state index in [1.165, 1.54) is 22.0 Å². The second-order valence-electron chi connectivity index (χ2n) is 8.14. The van der Waals surface area contributed by atoms with Crippen LogP contribution in [0.4, 0.5) is 0 Å². The number of hydrogen-bond acceptors (Lipinski definition) is 1. The van der Waals surface area contributed by atoms with Crippen molar-refractivity contribution in [2.24, 2.45) is 0 Å². The maximum absolute atomic E-state index is 13.6. The lowest BCUT2D eigenvalue weighted by atomic mass is 9.91. The molecule has 0 atom stereocenters. The van der Waals surface area contributed by atoms with E-state index >= 15 is 0 Å². The van der Waals surface area contributed by atoms with Crippen molar-refractivity contribution in [3.8, 4) is 0 Å². The topological polar surface area (TPSA) is 22.0 Å². The van der Waals surface area contributed by atoms with Crippen LogP contribution >= 0.6 is 0 Å². The maximum Gasteiger partial charge on any atom is 0.193 e. The second-order valence-corrected chi connectivity index (χ2v) is 8.14. The van der Waals surface area contributed by atoms with Crippen LogP contribution in [0.3, 0.4) is 0 Å². The zero-order valence-corrected chi connectivity index (χ0v) is 17.7. The standard InChI is InChI=1S/C28H25NO/c1-4-15-29-26-12-8-7-11-23(26)24-17-20(13-14-27(24)29)28(30)25-16-18(2)19(3)21-9-5-6-10-22(21)25/h5-14,16-17H,4,15H2,1-3H3. The van der Waals surface area contributed by atoms with Crippen LogP contribution in [0.1, 0.15) is 40.4 Å². The Morgan fingerprint density at radius 1 is 0.767 bits per heavy atom. The molecule has 0 amide bonds. The lowest BCUT2D eigenvalue weighted by Crippen LogP contribution is -2.04. The van der Waals surface area contributed by atoms with Gasteiger partial charge in [0.1, 0.15) is 0 Å². The lowest BCUT2D eigenvalue weighted by molar-refractivity contribution is 0.104. The number of nitrogens with zero attached hydrogens (tertiary/aromatic N) is 1. The number of para-hydroxylation sites is 1. The van der Waals surface area contributed by atoms with Gasteiger partial charge in [0.2, 0.25) is 0 Å². The van der Waals surface area contributed by atoms with E-state index in [2.05, 4.69) is 73.9 Å². The third kappa shape index (κ3) is 2.75. The van der Waals surface area contributed by atoms with E-state index in [1.807, 2.05) is 24.3 Å². The van der Waals surface area contributed by atoms with Gasteiger partial charge < -0.3 is 4.57 Å². The first-order valence-corrected chi connectivity index (χ1v) is 10.6. The molecular weight excluding hydrogens is 366 g/mol. The summed E-state index contributed by atoms with van der Waals surface area (Å²) in [6.07, 6.45) is 1.07. The molecule has 0 spiro atoms. The molecule has 1 aromatic heterocycles. The van der Waals surface area contributed by atoms with Crippen molar-refractivity contribution in [1.82, 2.24) is 4.57 Å². The predicted octanol–water partition coefficient (Wildman–Crippen LogP) is 7.21. The Balaban J connectivity index is 1.73. The fourth-order valence-electron chi connectivity index (χ4n) is 4.66. The molecule has 2 heteroatoms. The highest BCUT2D eigenvalue weighted by Crippen LogP contribution is 2.32. The number of aromatic nitrogens is 1. The molecule has 1 heterocycles. The van der Waals surface area contributed by atoms with Crippen LogP contribution in [-0.2, 0) is 6.54 Å². The Morgan fingerprint density at radius 3 is 2.20 bits per heavy atom. The molecule has 0 aliphatic carbocycles. The maximum atomic E-state index is 13.6. The number of carbonyl (C=O) groups excluding carboxylic acids is 1. The monoisotopic (exact) mass is 391 g/mol. The molecule has 0 radical (unpaired) electrons. The van der Waals surface area contributed by atoms with Crippen molar-refractivity contribution in [2.75, 3.05) is 0 Å². The number of aryl methyl sites for hydroxylation is 3. The van der Waals surface area contributed by atoms with Gasteiger partial charge in [-0.05, 0) is 72.5 Å². The van der Waals surface area contributed by atoms with Gasteiger partial charge >= 0.3 is 0 Å². The molecule has 0 saturated carbocycles. The summed E-state index contributed by atoms with van der Waals surface area (Å²) in [5.41, 5.74) is 6.34. The van der Waals surface area contributed by atoms with Crippen molar-refractivity contribution in [3.63, 3.8) is 0 Å². The number of hydrogen-bond donors (Lipinski definition) is 0. The van der Waals surface area contributed by atoms with Crippen molar-refractivity contribution in [3.05, 3.63) is 95.1 Å². The van der Waals surface area contributed by atoms with Gasteiger partial charge in [-0.1, -0.05) is 49.4 Å². The molecule has 4 aromatic carbocycles. The highest BCUT2D eigenvalue weighted by molar-refractivity contribution is 6.19. The highest BCUT2D eigenvalue weighted by Gasteiger charge is 2.17. The van der Waals surface area contributed by atoms with Crippen LogP contribution < -0.4 is 0 Å². The van der Waals surface area contributed by atoms with Gasteiger partial charge in [-0.2, -0.15) is 0 Å². The van der Waals surface area contributed by atoms with Gasteiger partial charge in [0.05, 0.1) is 0 Å². The third-order valence-electron chi connectivity index (χ3n) is 6.30. The first kappa shape index (κ1) is 18.6. The molecule has 5 aromatic rings. The summed E-state index contributed by atoms with van der Waals surface area (Å²) < 4.78 is 2.37. The molecule has 0 aliphatic heterocycles. The lowest BCUT2D eigenvalue weighted by Gasteiger charge is -2.12. The Labute approximate surface area is 176 Å². The van der Waals surface area contributed by atoms with Crippen LogP contribution in [-0.4, -0.2) is 10.4 Å². The Kier molecular flexibility index (Phi) is 4.43. The van der Waals surface area contributed by atoms with Gasteiger partial charge in [0.25, 0.3) is 0 Å². The summed E-state index contributed by atoms with van der Waals surface area (Å²) in [7, 11) is 0. The van der Waals surface area contributed by atoms with E-state index in [-0.39, 0.29) is 5.78 Å². The summed E-state index contributed by atoms with van der Waals surface area (Å²) in [6, 6.07) is 24.9. The highest BCUT2D eigenvalue weighted by atomic mass is 16.1. The molecule has 0 saturated heterocycles. The third-order valence-corrected chi connectivity index (χ3v) is 6.30.